The highest BCUT2D eigenvalue weighted by Crippen LogP contribution is 2.26. The molecule has 6 heteroatoms. The SMILES string of the molecule is Cc1ccc(-[n+]2c(SCC(=O)[O-])n[nH]c2-c2ccc(C(C)(C)C)cc2)cc1. The van der Waals surface area contributed by atoms with Crippen molar-refractivity contribution in [3.8, 4) is 17.1 Å². The van der Waals surface area contributed by atoms with Crippen molar-refractivity contribution in [2.24, 2.45) is 0 Å². The van der Waals surface area contributed by atoms with Crippen molar-refractivity contribution in [1.82, 2.24) is 10.2 Å². The molecule has 0 bridgehead atoms. The molecule has 2 aromatic carbocycles. The predicted octanol–water partition coefficient (Wildman–Crippen LogP) is 2.80. The first-order valence-corrected chi connectivity index (χ1v) is 9.75. The largest absolute Gasteiger partial charge is 0.549 e. The van der Waals surface area contributed by atoms with Crippen LogP contribution in [0.2, 0.25) is 0 Å². The summed E-state index contributed by atoms with van der Waals surface area (Å²) in [6, 6.07) is 16.4. The summed E-state index contributed by atoms with van der Waals surface area (Å²) in [5.74, 6) is -0.464. The normalized spacial score (nSPS) is 11.6. The van der Waals surface area contributed by atoms with Crippen LogP contribution in [0.3, 0.4) is 0 Å². The van der Waals surface area contributed by atoms with Gasteiger partial charge in [0.1, 0.15) is 5.69 Å². The van der Waals surface area contributed by atoms with Gasteiger partial charge in [0.05, 0.1) is 16.6 Å². The fraction of sp³-hybridized carbons (Fsp3) is 0.286. The number of aliphatic carboxylic acids is 1. The van der Waals surface area contributed by atoms with Gasteiger partial charge in [0.25, 0.3) is 5.82 Å². The Kier molecular flexibility index (Phi) is 5.37. The van der Waals surface area contributed by atoms with Crippen LogP contribution in [-0.4, -0.2) is 21.9 Å². The second kappa shape index (κ2) is 7.56. The minimum atomic E-state index is -1.12. The van der Waals surface area contributed by atoms with Crippen molar-refractivity contribution in [3.05, 3.63) is 59.7 Å². The van der Waals surface area contributed by atoms with Gasteiger partial charge in [-0.25, -0.2) is 0 Å². The number of H-pyrrole nitrogens is 1. The van der Waals surface area contributed by atoms with Crippen LogP contribution < -0.4 is 9.67 Å². The highest BCUT2D eigenvalue weighted by molar-refractivity contribution is 7.99. The molecule has 0 aliphatic carbocycles. The molecule has 0 radical (unpaired) electrons. The zero-order valence-electron chi connectivity index (χ0n) is 15.9. The summed E-state index contributed by atoms with van der Waals surface area (Å²) in [6.07, 6.45) is 0. The van der Waals surface area contributed by atoms with E-state index in [2.05, 4.69) is 55.2 Å². The molecule has 0 spiro atoms. The van der Waals surface area contributed by atoms with Crippen molar-refractivity contribution in [1.29, 1.82) is 0 Å². The van der Waals surface area contributed by atoms with Crippen molar-refractivity contribution in [2.45, 2.75) is 38.3 Å². The highest BCUT2D eigenvalue weighted by Gasteiger charge is 2.24. The number of aromatic amines is 1. The third-order valence-electron chi connectivity index (χ3n) is 4.31. The lowest BCUT2D eigenvalue weighted by Gasteiger charge is -2.18. The minimum absolute atomic E-state index is 0.0783. The van der Waals surface area contributed by atoms with Crippen LogP contribution in [0.4, 0.5) is 0 Å². The molecule has 27 heavy (non-hydrogen) atoms. The molecule has 0 saturated heterocycles. The Hall–Kier alpha value is -2.60. The fourth-order valence-electron chi connectivity index (χ4n) is 2.77. The summed E-state index contributed by atoms with van der Waals surface area (Å²) in [6.45, 7) is 8.57. The number of benzene rings is 2. The van der Waals surface area contributed by atoms with Crippen LogP contribution in [0.1, 0.15) is 31.9 Å². The van der Waals surface area contributed by atoms with Gasteiger partial charge >= 0.3 is 5.16 Å². The van der Waals surface area contributed by atoms with Gasteiger partial charge in [0.15, 0.2) is 0 Å². The Morgan fingerprint density at radius 3 is 2.30 bits per heavy atom. The minimum Gasteiger partial charge on any atom is -0.549 e. The Balaban J connectivity index is 2.07. The summed E-state index contributed by atoms with van der Waals surface area (Å²) in [7, 11) is 0. The van der Waals surface area contributed by atoms with E-state index in [4.69, 9.17) is 0 Å². The Morgan fingerprint density at radius 2 is 1.74 bits per heavy atom. The van der Waals surface area contributed by atoms with Gasteiger partial charge in [-0.05, 0) is 53.9 Å². The van der Waals surface area contributed by atoms with Crippen LogP contribution in [-0.2, 0) is 10.2 Å². The first kappa shape index (κ1) is 19.2. The van der Waals surface area contributed by atoms with Crippen LogP contribution >= 0.6 is 11.8 Å². The molecule has 0 fully saturated rings. The van der Waals surface area contributed by atoms with E-state index in [1.807, 2.05) is 35.8 Å². The molecule has 1 N–H and O–H groups in total. The zero-order chi connectivity index (χ0) is 19.6. The number of thioether (sulfide) groups is 1. The van der Waals surface area contributed by atoms with Crippen LogP contribution in [0, 0.1) is 6.92 Å². The van der Waals surface area contributed by atoms with E-state index in [-0.39, 0.29) is 11.2 Å². The monoisotopic (exact) mass is 381 g/mol. The van der Waals surface area contributed by atoms with E-state index in [1.165, 1.54) is 5.56 Å². The molecule has 3 aromatic rings. The standard InChI is InChI=1S/C21H23N3O2S/c1-14-5-11-17(12-6-14)24-19(22-23-20(24)27-13-18(25)26)15-7-9-16(10-8-15)21(2,3)4/h5-12H,13H2,1-4H3,(H,25,26). The predicted molar refractivity (Wildman–Crippen MR) is 105 cm³/mol. The van der Waals surface area contributed by atoms with Gasteiger partial charge < -0.3 is 9.90 Å². The quantitative estimate of drug-likeness (QED) is 0.545. The molecule has 0 unspecified atom stereocenters. The number of carboxylic acids is 1. The van der Waals surface area contributed by atoms with Crippen molar-refractivity contribution in [2.75, 3.05) is 5.75 Å². The number of aromatic nitrogens is 3. The molecule has 0 saturated carbocycles. The van der Waals surface area contributed by atoms with E-state index < -0.39 is 5.97 Å². The van der Waals surface area contributed by atoms with E-state index >= 15 is 0 Å². The lowest BCUT2D eigenvalue weighted by atomic mass is 9.87. The topological polar surface area (TPSA) is 72.7 Å². The van der Waals surface area contributed by atoms with E-state index in [0.29, 0.717) is 5.16 Å². The molecule has 0 aliphatic heterocycles. The molecule has 0 amide bonds. The number of hydrogen-bond acceptors (Lipinski definition) is 4. The van der Waals surface area contributed by atoms with Crippen molar-refractivity contribution < 1.29 is 14.5 Å². The smallest absolute Gasteiger partial charge is 0.342 e. The number of aryl methyl sites for hydroxylation is 1. The number of nitrogens with one attached hydrogen (secondary N) is 1. The van der Waals surface area contributed by atoms with Crippen molar-refractivity contribution in [3.63, 3.8) is 0 Å². The molecular formula is C21H23N3O2S. The number of hydrogen-bond donors (Lipinski definition) is 1. The van der Waals surface area contributed by atoms with Gasteiger partial charge in [-0.3, -0.25) is 0 Å². The van der Waals surface area contributed by atoms with Gasteiger partial charge in [0, 0.05) is 5.75 Å². The first-order chi connectivity index (χ1) is 12.8. The third-order valence-corrected chi connectivity index (χ3v) is 5.22. The summed E-state index contributed by atoms with van der Waals surface area (Å²) in [5.41, 5.74) is 4.39. The maximum absolute atomic E-state index is 10.9. The average molecular weight is 382 g/mol. The number of carboxylic acid groups (broad SMARTS) is 1. The third kappa shape index (κ3) is 4.39. The van der Waals surface area contributed by atoms with E-state index in [9.17, 15) is 9.90 Å². The van der Waals surface area contributed by atoms with Gasteiger partial charge in [-0.1, -0.05) is 50.6 Å². The summed E-state index contributed by atoms with van der Waals surface area (Å²) in [5, 5.41) is 18.9. The lowest BCUT2D eigenvalue weighted by Crippen LogP contribution is -2.35. The summed E-state index contributed by atoms with van der Waals surface area (Å²) < 4.78 is 1.94. The average Bonchev–Trinajstić information content (AvgIpc) is 3.04. The van der Waals surface area contributed by atoms with Gasteiger partial charge in [-0.2, -0.15) is 4.57 Å². The lowest BCUT2D eigenvalue weighted by molar-refractivity contribution is -0.625. The number of rotatable bonds is 5. The van der Waals surface area contributed by atoms with Crippen LogP contribution in [0.25, 0.3) is 17.1 Å². The molecule has 0 atom stereocenters. The molecule has 1 heterocycles. The number of carbonyl (C=O) groups excluding carboxylic acids is 1. The molecule has 140 valence electrons. The molecule has 3 rings (SSSR count). The first-order valence-electron chi connectivity index (χ1n) is 8.77. The fourth-order valence-corrected chi connectivity index (χ4v) is 3.45. The maximum Gasteiger partial charge on any atom is 0.342 e. The Labute approximate surface area is 163 Å². The van der Waals surface area contributed by atoms with E-state index in [1.54, 1.807) is 0 Å². The van der Waals surface area contributed by atoms with Crippen molar-refractivity contribution >= 4 is 17.7 Å². The van der Waals surface area contributed by atoms with Crippen LogP contribution in [0.5, 0.6) is 0 Å². The van der Waals surface area contributed by atoms with E-state index in [0.717, 1.165) is 34.4 Å². The molecule has 5 nitrogen and oxygen atoms in total. The second-order valence-corrected chi connectivity index (χ2v) is 8.46. The molecule has 1 aromatic heterocycles. The number of nitrogens with zero attached hydrogens (tertiary/aromatic N) is 2. The summed E-state index contributed by atoms with van der Waals surface area (Å²) >= 11 is 1.14. The highest BCUT2D eigenvalue weighted by atomic mass is 32.2. The maximum atomic E-state index is 10.9. The second-order valence-electron chi connectivity index (χ2n) is 7.51. The summed E-state index contributed by atoms with van der Waals surface area (Å²) in [4.78, 5) is 10.9. The molecular weight excluding hydrogens is 358 g/mol. The van der Waals surface area contributed by atoms with Crippen LogP contribution in [0.15, 0.2) is 53.7 Å². The Bertz CT molecular complexity index is 939. The Morgan fingerprint density at radius 1 is 1.11 bits per heavy atom. The number of carbonyl (C=O) groups is 1. The van der Waals surface area contributed by atoms with Gasteiger partial charge in [-0.15, -0.1) is 5.10 Å². The zero-order valence-corrected chi connectivity index (χ0v) is 16.8. The van der Waals surface area contributed by atoms with Gasteiger partial charge in [0.2, 0.25) is 0 Å². The molecule has 0 aliphatic rings.